The van der Waals surface area contributed by atoms with Gasteiger partial charge in [-0.1, -0.05) is 26.2 Å². The Bertz CT molecular complexity index is 425. The summed E-state index contributed by atoms with van der Waals surface area (Å²) in [5.74, 6) is 0. The molecule has 0 aromatic heterocycles. The average Bonchev–Trinajstić information content (AvgIpc) is 2.66. The maximum absolute atomic E-state index is 10.1. The SMILES string of the molecule is CCCCCCO[C@@H]1O[C@H](CO[C@@H]2OC[C@@H](O)[C@H](O)[C@H]2O)[C@@H](O)[C@H](O)[C@H]1O. The van der Waals surface area contributed by atoms with E-state index in [0.29, 0.717) is 6.61 Å². The molecule has 0 saturated carbocycles. The van der Waals surface area contributed by atoms with Gasteiger partial charge in [0.15, 0.2) is 12.6 Å². The van der Waals surface area contributed by atoms with Crippen molar-refractivity contribution in [3.05, 3.63) is 0 Å². The van der Waals surface area contributed by atoms with Crippen molar-refractivity contribution in [2.75, 3.05) is 19.8 Å². The molecule has 0 spiro atoms. The summed E-state index contributed by atoms with van der Waals surface area (Å²) in [7, 11) is 0. The van der Waals surface area contributed by atoms with Crippen LogP contribution >= 0.6 is 0 Å². The van der Waals surface area contributed by atoms with Gasteiger partial charge < -0.3 is 49.6 Å². The summed E-state index contributed by atoms with van der Waals surface area (Å²) in [5.41, 5.74) is 0. The normalized spacial score (nSPS) is 43.0. The maximum atomic E-state index is 10.1. The molecule has 0 amide bonds. The van der Waals surface area contributed by atoms with E-state index in [1.165, 1.54) is 0 Å². The molecule has 2 aliphatic rings. The van der Waals surface area contributed by atoms with Crippen molar-refractivity contribution in [3.8, 4) is 0 Å². The molecule has 2 fully saturated rings. The second kappa shape index (κ2) is 11.0. The molecular weight excluding hydrogens is 364 g/mol. The lowest BCUT2D eigenvalue weighted by molar-refractivity contribution is -0.320. The van der Waals surface area contributed by atoms with Crippen molar-refractivity contribution in [2.24, 2.45) is 0 Å². The number of ether oxygens (including phenoxy) is 4. The third-order valence-electron chi connectivity index (χ3n) is 4.83. The van der Waals surface area contributed by atoms with Crippen LogP contribution < -0.4 is 0 Å². The van der Waals surface area contributed by atoms with E-state index in [2.05, 4.69) is 6.92 Å². The highest BCUT2D eigenvalue weighted by atomic mass is 16.7. The topological polar surface area (TPSA) is 158 Å². The van der Waals surface area contributed by atoms with Gasteiger partial charge in [-0.05, 0) is 6.42 Å². The Morgan fingerprint density at radius 3 is 2.19 bits per heavy atom. The van der Waals surface area contributed by atoms with Crippen LogP contribution in [0.15, 0.2) is 0 Å². The van der Waals surface area contributed by atoms with E-state index >= 15 is 0 Å². The second-order valence-electron chi connectivity index (χ2n) is 7.03. The molecule has 10 heteroatoms. The lowest BCUT2D eigenvalue weighted by atomic mass is 9.99. The predicted octanol–water partition coefficient (Wildman–Crippen LogP) is -2.15. The molecule has 0 aliphatic carbocycles. The fourth-order valence-electron chi connectivity index (χ4n) is 3.04. The molecule has 2 heterocycles. The van der Waals surface area contributed by atoms with Crippen LogP contribution in [0.2, 0.25) is 0 Å². The lowest BCUT2D eigenvalue weighted by Gasteiger charge is -2.41. The van der Waals surface area contributed by atoms with E-state index in [1.54, 1.807) is 0 Å². The van der Waals surface area contributed by atoms with Gasteiger partial charge in [0.05, 0.1) is 13.2 Å². The van der Waals surface area contributed by atoms with Gasteiger partial charge in [-0.3, -0.25) is 0 Å². The van der Waals surface area contributed by atoms with E-state index in [0.717, 1.165) is 25.7 Å². The monoisotopic (exact) mass is 396 g/mol. The third-order valence-corrected chi connectivity index (χ3v) is 4.83. The molecule has 6 N–H and O–H groups in total. The average molecular weight is 396 g/mol. The quantitative estimate of drug-likeness (QED) is 0.237. The number of hydrogen-bond donors (Lipinski definition) is 6. The minimum atomic E-state index is -1.49. The van der Waals surface area contributed by atoms with E-state index < -0.39 is 55.3 Å². The zero-order valence-corrected chi connectivity index (χ0v) is 15.5. The Morgan fingerprint density at radius 1 is 0.778 bits per heavy atom. The summed E-state index contributed by atoms with van der Waals surface area (Å²) < 4.78 is 21.4. The molecular formula is C17H32O10. The number of rotatable bonds is 9. The van der Waals surface area contributed by atoms with Crippen molar-refractivity contribution in [3.63, 3.8) is 0 Å². The molecule has 0 unspecified atom stereocenters. The smallest absolute Gasteiger partial charge is 0.186 e. The van der Waals surface area contributed by atoms with Crippen LogP contribution in [0.5, 0.6) is 0 Å². The van der Waals surface area contributed by atoms with E-state index in [1.807, 2.05) is 0 Å². The standard InChI is InChI=1S/C17H32O10/c1-2-3-4-5-6-24-17-15(23)13(21)12(20)10(27-17)8-26-16-14(22)11(19)9(18)7-25-16/h9-23H,2-8H2,1H3/t9-,10-,11+,12-,13+,14-,15-,16+,17-/m1/s1. The summed E-state index contributed by atoms with van der Waals surface area (Å²) in [5, 5.41) is 59.1. The Kier molecular flexibility index (Phi) is 9.29. The Hall–Kier alpha value is -0.400. The van der Waals surface area contributed by atoms with Gasteiger partial charge in [0.25, 0.3) is 0 Å². The van der Waals surface area contributed by atoms with Gasteiger partial charge in [-0.15, -0.1) is 0 Å². The van der Waals surface area contributed by atoms with Gasteiger partial charge >= 0.3 is 0 Å². The summed E-state index contributed by atoms with van der Waals surface area (Å²) in [6.45, 7) is 1.92. The van der Waals surface area contributed by atoms with Crippen molar-refractivity contribution in [1.82, 2.24) is 0 Å². The van der Waals surface area contributed by atoms with Crippen molar-refractivity contribution >= 4 is 0 Å². The predicted molar refractivity (Wildman–Crippen MR) is 90.5 cm³/mol. The minimum absolute atomic E-state index is 0.220. The summed E-state index contributed by atoms with van der Waals surface area (Å²) in [6.07, 6.45) is -7.94. The summed E-state index contributed by atoms with van der Waals surface area (Å²) in [6, 6.07) is 0. The fraction of sp³-hybridized carbons (Fsp3) is 1.00. The second-order valence-corrected chi connectivity index (χ2v) is 7.03. The number of aliphatic hydroxyl groups excluding tert-OH is 6. The molecule has 0 bridgehead atoms. The zero-order chi connectivity index (χ0) is 20.0. The molecule has 0 aromatic carbocycles. The number of unbranched alkanes of at least 4 members (excludes halogenated alkanes) is 3. The molecule has 10 nitrogen and oxygen atoms in total. The van der Waals surface area contributed by atoms with Gasteiger partial charge in [0.1, 0.15) is 42.7 Å². The number of aliphatic hydroxyl groups is 6. The fourth-order valence-corrected chi connectivity index (χ4v) is 3.04. The van der Waals surface area contributed by atoms with Gasteiger partial charge in [0.2, 0.25) is 0 Å². The van der Waals surface area contributed by atoms with E-state index in [4.69, 9.17) is 18.9 Å². The van der Waals surface area contributed by atoms with Crippen molar-refractivity contribution in [2.45, 2.75) is 87.9 Å². The Balaban J connectivity index is 1.83. The van der Waals surface area contributed by atoms with Crippen LogP contribution in [-0.4, -0.2) is 106 Å². The molecule has 0 radical (unpaired) electrons. The first-order valence-electron chi connectivity index (χ1n) is 9.45. The van der Waals surface area contributed by atoms with Crippen LogP contribution in [0.3, 0.4) is 0 Å². The first kappa shape index (κ1) is 22.9. The Labute approximate surface area is 158 Å². The van der Waals surface area contributed by atoms with Gasteiger partial charge in [0, 0.05) is 6.61 Å². The third kappa shape index (κ3) is 6.04. The molecule has 2 aliphatic heterocycles. The molecule has 160 valence electrons. The minimum Gasteiger partial charge on any atom is -0.388 e. The van der Waals surface area contributed by atoms with Crippen LogP contribution in [0.1, 0.15) is 32.6 Å². The highest BCUT2D eigenvalue weighted by molar-refractivity contribution is 4.90. The molecule has 9 atom stereocenters. The number of hydrogen-bond acceptors (Lipinski definition) is 10. The highest BCUT2D eigenvalue weighted by Gasteiger charge is 2.45. The summed E-state index contributed by atoms with van der Waals surface area (Å²) in [4.78, 5) is 0. The molecule has 2 saturated heterocycles. The van der Waals surface area contributed by atoms with E-state index in [9.17, 15) is 30.6 Å². The molecule has 27 heavy (non-hydrogen) atoms. The largest absolute Gasteiger partial charge is 0.388 e. The van der Waals surface area contributed by atoms with Gasteiger partial charge in [-0.2, -0.15) is 0 Å². The zero-order valence-electron chi connectivity index (χ0n) is 15.5. The van der Waals surface area contributed by atoms with Crippen molar-refractivity contribution < 1.29 is 49.6 Å². The summed E-state index contributed by atoms with van der Waals surface area (Å²) >= 11 is 0. The van der Waals surface area contributed by atoms with Gasteiger partial charge in [-0.25, -0.2) is 0 Å². The maximum Gasteiger partial charge on any atom is 0.186 e. The molecule has 2 rings (SSSR count). The van der Waals surface area contributed by atoms with Crippen LogP contribution in [0.25, 0.3) is 0 Å². The van der Waals surface area contributed by atoms with Crippen LogP contribution in [0, 0.1) is 0 Å². The van der Waals surface area contributed by atoms with Crippen molar-refractivity contribution in [1.29, 1.82) is 0 Å². The van der Waals surface area contributed by atoms with E-state index in [-0.39, 0.29) is 13.2 Å². The molecule has 0 aromatic rings. The lowest BCUT2D eigenvalue weighted by Crippen LogP contribution is -2.60. The Morgan fingerprint density at radius 2 is 1.48 bits per heavy atom. The first-order valence-corrected chi connectivity index (χ1v) is 9.45. The van der Waals surface area contributed by atoms with Crippen LogP contribution in [0.4, 0.5) is 0 Å². The first-order chi connectivity index (χ1) is 12.9. The van der Waals surface area contributed by atoms with Crippen LogP contribution in [-0.2, 0) is 18.9 Å². The highest BCUT2D eigenvalue weighted by Crippen LogP contribution is 2.24.